The van der Waals surface area contributed by atoms with Crippen molar-refractivity contribution >= 4 is 35.0 Å². The number of carbonyl (C=O) groups excluding carboxylic acids is 1. The molecule has 1 amide bonds. The molecule has 0 spiro atoms. The zero-order valence-electron chi connectivity index (χ0n) is 13.1. The van der Waals surface area contributed by atoms with Gasteiger partial charge in [-0.25, -0.2) is 4.99 Å². The average Bonchev–Trinajstić information content (AvgIpc) is 3.29. The van der Waals surface area contributed by atoms with E-state index < -0.39 is 0 Å². The van der Waals surface area contributed by atoms with Gasteiger partial charge in [-0.15, -0.1) is 11.3 Å². The standard InChI is InChI=1S/C18H10N2O4S2/c21-16-14(10-3-1-2-4-11(10)19-16)15-17(22)20(18(25)26-15)9-5-6-12-13(7-9)24-8-23-12/h1-7,22H,8H2. The van der Waals surface area contributed by atoms with Gasteiger partial charge in [0.15, 0.2) is 15.5 Å². The molecule has 5 rings (SSSR count). The van der Waals surface area contributed by atoms with E-state index in [0.29, 0.717) is 42.2 Å². The number of fused-ring (bicyclic) bond motifs is 2. The fourth-order valence-electron chi connectivity index (χ4n) is 3.06. The Hall–Kier alpha value is -2.97. The maximum Gasteiger partial charge on any atom is 0.279 e. The molecular formula is C18H10N2O4S2. The number of hydrogen-bond donors (Lipinski definition) is 1. The van der Waals surface area contributed by atoms with Crippen LogP contribution in [-0.4, -0.2) is 22.4 Å². The highest BCUT2D eigenvalue weighted by Crippen LogP contribution is 2.38. The van der Waals surface area contributed by atoms with Crippen LogP contribution in [0.25, 0.3) is 11.3 Å². The minimum atomic E-state index is -0.379. The number of aromatic hydroxyl groups is 1. The van der Waals surface area contributed by atoms with Gasteiger partial charge in [0.25, 0.3) is 5.91 Å². The summed E-state index contributed by atoms with van der Waals surface area (Å²) in [6, 6.07) is 12.5. The highest BCUT2D eigenvalue weighted by Gasteiger charge is 2.26. The van der Waals surface area contributed by atoms with E-state index in [-0.39, 0.29) is 18.6 Å². The first-order chi connectivity index (χ1) is 12.6. The zero-order valence-corrected chi connectivity index (χ0v) is 14.8. The first kappa shape index (κ1) is 15.3. The molecule has 2 aliphatic rings. The van der Waals surface area contributed by atoms with Gasteiger partial charge in [-0.2, -0.15) is 0 Å². The van der Waals surface area contributed by atoms with E-state index >= 15 is 0 Å². The van der Waals surface area contributed by atoms with Gasteiger partial charge in [-0.3, -0.25) is 9.36 Å². The highest BCUT2D eigenvalue weighted by atomic mass is 32.1. The fourth-order valence-corrected chi connectivity index (χ4v) is 4.45. The second-order valence-corrected chi connectivity index (χ2v) is 7.35. The lowest BCUT2D eigenvalue weighted by molar-refractivity contribution is -0.112. The molecule has 6 nitrogen and oxygen atoms in total. The molecule has 0 unspecified atom stereocenters. The maximum atomic E-state index is 12.4. The quantitative estimate of drug-likeness (QED) is 0.687. The third kappa shape index (κ3) is 2.12. The van der Waals surface area contributed by atoms with E-state index in [2.05, 4.69) is 4.99 Å². The number of carbonyl (C=O) groups is 1. The van der Waals surface area contributed by atoms with Crippen LogP contribution in [0.5, 0.6) is 17.4 Å². The Morgan fingerprint density at radius 2 is 1.96 bits per heavy atom. The number of aromatic nitrogens is 1. The third-order valence-corrected chi connectivity index (χ3v) is 5.62. The van der Waals surface area contributed by atoms with Gasteiger partial charge < -0.3 is 14.6 Å². The van der Waals surface area contributed by atoms with Crippen LogP contribution in [-0.2, 0) is 4.79 Å². The van der Waals surface area contributed by atoms with Crippen molar-refractivity contribution in [1.82, 2.24) is 4.57 Å². The normalized spacial score (nSPS) is 14.5. The van der Waals surface area contributed by atoms with Crippen molar-refractivity contribution in [3.05, 3.63) is 61.9 Å². The van der Waals surface area contributed by atoms with E-state index in [0.717, 1.165) is 0 Å². The SMILES string of the molecule is O=C1N=c2ccccc2=C1c1sc(=S)n(-c2ccc3c(c2)OCO3)c1O. The summed E-state index contributed by atoms with van der Waals surface area (Å²) in [4.78, 5) is 16.9. The van der Waals surface area contributed by atoms with Crippen LogP contribution in [0, 0.1) is 3.95 Å². The molecule has 0 atom stereocenters. The van der Waals surface area contributed by atoms with Crippen molar-refractivity contribution in [3.63, 3.8) is 0 Å². The molecule has 8 heteroatoms. The van der Waals surface area contributed by atoms with E-state index in [1.807, 2.05) is 18.2 Å². The molecule has 0 fully saturated rings. The Balaban J connectivity index is 1.74. The smallest absolute Gasteiger partial charge is 0.279 e. The molecule has 0 saturated carbocycles. The molecule has 1 N–H and O–H groups in total. The van der Waals surface area contributed by atoms with Crippen LogP contribution in [0.15, 0.2) is 47.5 Å². The van der Waals surface area contributed by atoms with E-state index in [9.17, 15) is 9.90 Å². The van der Waals surface area contributed by atoms with Crippen LogP contribution in [0.3, 0.4) is 0 Å². The molecule has 0 aliphatic carbocycles. The summed E-state index contributed by atoms with van der Waals surface area (Å²) in [5, 5.41) is 12.1. The van der Waals surface area contributed by atoms with E-state index in [1.165, 1.54) is 15.9 Å². The van der Waals surface area contributed by atoms with Crippen LogP contribution >= 0.6 is 23.6 Å². The molecule has 128 valence electrons. The molecule has 2 aromatic carbocycles. The number of ether oxygens (including phenoxy) is 2. The number of rotatable bonds is 2. The molecule has 0 radical (unpaired) electrons. The summed E-state index contributed by atoms with van der Waals surface area (Å²) in [7, 11) is 0. The van der Waals surface area contributed by atoms with Gasteiger partial charge in [-0.1, -0.05) is 18.2 Å². The van der Waals surface area contributed by atoms with Crippen molar-refractivity contribution < 1.29 is 19.4 Å². The first-order valence-corrected chi connectivity index (χ1v) is 8.93. The lowest BCUT2D eigenvalue weighted by atomic mass is 10.1. The minimum Gasteiger partial charge on any atom is -0.493 e. The first-order valence-electron chi connectivity index (χ1n) is 7.71. The summed E-state index contributed by atoms with van der Waals surface area (Å²) >= 11 is 6.61. The largest absolute Gasteiger partial charge is 0.493 e. The fraction of sp³-hybridized carbons (Fsp3) is 0.0556. The molecular weight excluding hydrogens is 372 g/mol. The zero-order chi connectivity index (χ0) is 17.8. The molecule has 2 aliphatic heterocycles. The minimum absolute atomic E-state index is 0.0888. The monoisotopic (exact) mass is 382 g/mol. The van der Waals surface area contributed by atoms with Gasteiger partial charge in [0.05, 0.1) is 16.6 Å². The predicted molar refractivity (Wildman–Crippen MR) is 97.0 cm³/mol. The summed E-state index contributed by atoms with van der Waals surface area (Å²) in [5.41, 5.74) is 1.00. The number of para-hydroxylation sites is 1. The Morgan fingerprint density at radius 3 is 2.85 bits per heavy atom. The predicted octanol–water partition coefficient (Wildman–Crippen LogP) is 2.06. The average molecular weight is 382 g/mol. The molecule has 1 aromatic heterocycles. The van der Waals surface area contributed by atoms with Gasteiger partial charge in [0, 0.05) is 11.3 Å². The molecule has 3 aromatic rings. The second-order valence-electron chi connectivity index (χ2n) is 5.70. The van der Waals surface area contributed by atoms with Crippen molar-refractivity contribution in [2.75, 3.05) is 6.79 Å². The van der Waals surface area contributed by atoms with Gasteiger partial charge in [0.1, 0.15) is 4.88 Å². The Bertz CT molecular complexity index is 1270. The topological polar surface area (TPSA) is 73.1 Å². The number of thiazole rings is 1. The van der Waals surface area contributed by atoms with Crippen LogP contribution in [0.4, 0.5) is 0 Å². The summed E-state index contributed by atoms with van der Waals surface area (Å²) in [6.45, 7) is 0.162. The van der Waals surface area contributed by atoms with Gasteiger partial charge >= 0.3 is 0 Å². The number of benzene rings is 2. The summed E-state index contributed by atoms with van der Waals surface area (Å²) in [5.74, 6) is 0.759. The van der Waals surface area contributed by atoms with Crippen LogP contribution < -0.4 is 20.0 Å². The number of hydrogen-bond acceptors (Lipinski definition) is 6. The Kier molecular flexibility index (Phi) is 3.25. The Morgan fingerprint density at radius 1 is 1.15 bits per heavy atom. The molecule has 0 bridgehead atoms. The number of amides is 1. The summed E-state index contributed by atoms with van der Waals surface area (Å²) in [6.07, 6.45) is 0. The van der Waals surface area contributed by atoms with E-state index in [4.69, 9.17) is 21.7 Å². The highest BCUT2D eigenvalue weighted by molar-refractivity contribution is 7.73. The molecule has 3 heterocycles. The third-order valence-electron chi connectivity index (χ3n) is 4.24. The lowest BCUT2D eigenvalue weighted by Gasteiger charge is -2.06. The van der Waals surface area contributed by atoms with Crippen molar-refractivity contribution in [2.45, 2.75) is 0 Å². The van der Waals surface area contributed by atoms with Crippen LogP contribution in [0.1, 0.15) is 4.88 Å². The van der Waals surface area contributed by atoms with Crippen molar-refractivity contribution in [3.8, 4) is 23.1 Å². The van der Waals surface area contributed by atoms with E-state index in [1.54, 1.807) is 24.3 Å². The van der Waals surface area contributed by atoms with Gasteiger partial charge in [-0.05, 0) is 30.4 Å². The van der Waals surface area contributed by atoms with Crippen molar-refractivity contribution in [2.24, 2.45) is 4.99 Å². The van der Waals surface area contributed by atoms with Crippen LogP contribution in [0.2, 0.25) is 0 Å². The van der Waals surface area contributed by atoms with Gasteiger partial charge in [0.2, 0.25) is 12.7 Å². The Labute approximate surface area is 155 Å². The molecule has 26 heavy (non-hydrogen) atoms. The molecule has 0 saturated heterocycles. The summed E-state index contributed by atoms with van der Waals surface area (Å²) < 4.78 is 12.6. The number of nitrogens with zero attached hydrogens (tertiary/aromatic N) is 2. The lowest BCUT2D eigenvalue weighted by Crippen LogP contribution is -2.22. The second kappa shape index (κ2) is 5.52. The maximum absolute atomic E-state index is 12.4. The van der Waals surface area contributed by atoms with Crippen molar-refractivity contribution in [1.29, 1.82) is 0 Å².